The van der Waals surface area contributed by atoms with E-state index in [2.05, 4.69) is 47.8 Å². The van der Waals surface area contributed by atoms with Crippen LogP contribution in [-0.4, -0.2) is 43.5 Å². The van der Waals surface area contributed by atoms with Gasteiger partial charge in [-0.15, -0.1) is 0 Å². The topological polar surface area (TPSA) is 92.4 Å². The number of methoxy groups -OCH3 is 1. The third-order valence-corrected chi connectivity index (χ3v) is 4.83. The van der Waals surface area contributed by atoms with Gasteiger partial charge in [0.15, 0.2) is 0 Å². The van der Waals surface area contributed by atoms with E-state index >= 15 is 0 Å². The molecule has 0 saturated carbocycles. The summed E-state index contributed by atoms with van der Waals surface area (Å²) < 4.78 is 5.12. The number of aryl methyl sites for hydroxylation is 1. The number of rotatable bonds is 10. The van der Waals surface area contributed by atoms with E-state index in [1.165, 1.54) is 0 Å². The summed E-state index contributed by atoms with van der Waals surface area (Å²) in [4.78, 5) is 28.5. The van der Waals surface area contributed by atoms with E-state index in [9.17, 15) is 9.59 Å². The summed E-state index contributed by atoms with van der Waals surface area (Å²) in [5.41, 5.74) is 4.80. The number of nitrogens with zero attached hydrogens (tertiary/aromatic N) is 1. The van der Waals surface area contributed by atoms with Crippen LogP contribution in [0.15, 0.2) is 67.0 Å². The third-order valence-electron chi connectivity index (χ3n) is 4.83. The number of ether oxygens (including phenoxy) is 1. The fourth-order valence-electron chi connectivity index (χ4n) is 3.17. The Hall–Kier alpha value is -3.87. The van der Waals surface area contributed by atoms with E-state index in [0.717, 1.165) is 40.5 Å². The molecule has 0 aliphatic heterocycles. The molecule has 0 bridgehead atoms. The second kappa shape index (κ2) is 15.2. The lowest BCUT2D eigenvalue weighted by atomic mass is 10.0. The second-order valence-electron chi connectivity index (χ2n) is 9.16. The minimum Gasteiger partial charge on any atom is -0.497 e. The fourth-order valence-corrected chi connectivity index (χ4v) is 3.17. The zero-order valence-corrected chi connectivity index (χ0v) is 21.9. The molecule has 0 spiro atoms. The lowest BCUT2D eigenvalue weighted by Gasteiger charge is -2.10. The summed E-state index contributed by atoms with van der Waals surface area (Å²) in [6, 6.07) is 17.0. The zero-order valence-electron chi connectivity index (χ0n) is 21.9. The van der Waals surface area contributed by atoms with Crippen LogP contribution in [0.25, 0.3) is 0 Å². The Bertz CT molecular complexity index is 1080. The summed E-state index contributed by atoms with van der Waals surface area (Å²) >= 11 is 0. The molecule has 2 amide bonds. The first kappa shape index (κ1) is 28.4. The smallest absolute Gasteiger partial charge is 0.251 e. The number of pyridine rings is 1. The molecule has 7 nitrogen and oxygen atoms in total. The number of hydrogen-bond donors (Lipinski definition) is 3. The van der Waals surface area contributed by atoms with Crippen LogP contribution < -0.4 is 20.7 Å². The maximum Gasteiger partial charge on any atom is 0.251 e. The van der Waals surface area contributed by atoms with Crippen molar-refractivity contribution >= 4 is 17.5 Å². The van der Waals surface area contributed by atoms with Crippen molar-refractivity contribution in [2.45, 2.75) is 34.1 Å². The summed E-state index contributed by atoms with van der Waals surface area (Å²) in [6.45, 7) is 9.46. The maximum atomic E-state index is 12.3. The Labute approximate surface area is 214 Å². The lowest BCUT2D eigenvalue weighted by Crippen LogP contribution is -2.38. The summed E-state index contributed by atoms with van der Waals surface area (Å²) in [5.74, 6) is 1.11. The molecular weight excluding hydrogens is 452 g/mol. The molecule has 7 heteroatoms. The predicted molar refractivity (Wildman–Crippen MR) is 146 cm³/mol. The average molecular weight is 491 g/mol. The summed E-state index contributed by atoms with van der Waals surface area (Å²) in [7, 11) is 1.62. The lowest BCUT2D eigenvalue weighted by molar-refractivity contribution is -0.120. The van der Waals surface area contributed by atoms with Crippen molar-refractivity contribution in [2.75, 3.05) is 32.1 Å². The van der Waals surface area contributed by atoms with E-state index in [1.807, 2.05) is 55.7 Å². The van der Waals surface area contributed by atoms with Crippen molar-refractivity contribution in [1.82, 2.24) is 15.6 Å². The largest absolute Gasteiger partial charge is 0.497 e. The van der Waals surface area contributed by atoms with Crippen molar-refractivity contribution in [1.29, 1.82) is 0 Å². The van der Waals surface area contributed by atoms with E-state index in [4.69, 9.17) is 4.74 Å². The molecule has 1 heterocycles. The van der Waals surface area contributed by atoms with E-state index in [0.29, 0.717) is 18.7 Å². The van der Waals surface area contributed by atoms with Crippen molar-refractivity contribution < 1.29 is 14.3 Å². The van der Waals surface area contributed by atoms with Gasteiger partial charge < -0.3 is 20.7 Å². The standard InChI is InChI=1S/C25H28N4O3.C4H10/c1-18-13-20(16-26-15-18)14-19-3-5-21(6-4-19)25(31)29-17-24(30)28-12-11-27-22-7-9-23(32-2)10-8-22;1-4(2)3/h3-10,13,15-16,27H,11-12,14,17H2,1-2H3,(H,28,30)(H,29,31);4H,1-3H3. The van der Waals surface area contributed by atoms with Gasteiger partial charge in [0.2, 0.25) is 5.91 Å². The maximum absolute atomic E-state index is 12.3. The minimum absolute atomic E-state index is 0.0713. The van der Waals surface area contributed by atoms with Gasteiger partial charge in [-0.3, -0.25) is 14.6 Å². The van der Waals surface area contributed by atoms with Crippen LogP contribution in [0.4, 0.5) is 5.69 Å². The number of carbonyl (C=O) groups excluding carboxylic acids is 2. The molecule has 0 aliphatic carbocycles. The second-order valence-corrected chi connectivity index (χ2v) is 9.16. The molecule has 0 saturated heterocycles. The molecule has 3 N–H and O–H groups in total. The van der Waals surface area contributed by atoms with Gasteiger partial charge in [0.05, 0.1) is 13.7 Å². The summed E-state index contributed by atoms with van der Waals surface area (Å²) in [6.07, 6.45) is 4.42. The minimum atomic E-state index is -0.278. The number of benzene rings is 2. The van der Waals surface area contributed by atoms with Gasteiger partial charge in [0.25, 0.3) is 5.91 Å². The zero-order chi connectivity index (χ0) is 26.3. The Morgan fingerprint density at radius 2 is 1.56 bits per heavy atom. The van der Waals surface area contributed by atoms with Gasteiger partial charge in [-0.2, -0.15) is 0 Å². The molecule has 0 aliphatic rings. The molecule has 3 aromatic rings. The highest BCUT2D eigenvalue weighted by molar-refractivity contribution is 5.96. The van der Waals surface area contributed by atoms with Crippen LogP contribution in [0, 0.1) is 12.8 Å². The number of amides is 2. The highest BCUT2D eigenvalue weighted by atomic mass is 16.5. The van der Waals surface area contributed by atoms with Crippen molar-refractivity contribution in [2.24, 2.45) is 5.92 Å². The Kier molecular flexibility index (Phi) is 12.0. The first-order valence-corrected chi connectivity index (χ1v) is 12.2. The molecule has 0 fully saturated rings. The highest BCUT2D eigenvalue weighted by Gasteiger charge is 2.08. The van der Waals surface area contributed by atoms with Crippen LogP contribution in [0.3, 0.4) is 0 Å². The molecule has 2 aromatic carbocycles. The molecule has 0 unspecified atom stereocenters. The fraction of sp³-hybridized carbons (Fsp3) is 0.345. The molecule has 3 rings (SSSR count). The number of aromatic nitrogens is 1. The van der Waals surface area contributed by atoms with Crippen LogP contribution in [0.1, 0.15) is 47.8 Å². The number of nitrogens with one attached hydrogen (secondary N) is 3. The first-order chi connectivity index (χ1) is 17.3. The first-order valence-electron chi connectivity index (χ1n) is 12.2. The Morgan fingerprint density at radius 3 is 2.17 bits per heavy atom. The Morgan fingerprint density at radius 1 is 0.889 bits per heavy atom. The Balaban J connectivity index is 0.00000106. The molecule has 0 radical (unpaired) electrons. The van der Waals surface area contributed by atoms with Gasteiger partial charge in [0, 0.05) is 36.7 Å². The third kappa shape index (κ3) is 11.0. The molecule has 1 aromatic heterocycles. The quantitative estimate of drug-likeness (QED) is 0.361. The normalized spacial score (nSPS) is 10.2. The number of hydrogen-bond acceptors (Lipinski definition) is 5. The van der Waals surface area contributed by atoms with Crippen LogP contribution in [-0.2, 0) is 11.2 Å². The SMILES string of the molecule is CC(C)C.COc1ccc(NCCNC(=O)CNC(=O)c2ccc(Cc3cncc(C)c3)cc2)cc1. The van der Waals surface area contributed by atoms with E-state index in [-0.39, 0.29) is 18.4 Å². The van der Waals surface area contributed by atoms with Crippen LogP contribution >= 0.6 is 0 Å². The van der Waals surface area contributed by atoms with Gasteiger partial charge in [-0.05, 0) is 72.4 Å². The average Bonchev–Trinajstić information content (AvgIpc) is 2.86. The number of anilines is 1. The van der Waals surface area contributed by atoms with E-state index < -0.39 is 0 Å². The van der Waals surface area contributed by atoms with Gasteiger partial charge in [0.1, 0.15) is 5.75 Å². The molecular formula is C29H38N4O3. The van der Waals surface area contributed by atoms with Gasteiger partial charge in [-0.25, -0.2) is 0 Å². The predicted octanol–water partition coefficient (Wildman–Crippen LogP) is 4.61. The molecule has 36 heavy (non-hydrogen) atoms. The van der Waals surface area contributed by atoms with Crippen molar-refractivity contribution in [3.05, 3.63) is 89.2 Å². The van der Waals surface area contributed by atoms with Crippen molar-refractivity contribution in [3.8, 4) is 5.75 Å². The van der Waals surface area contributed by atoms with Crippen molar-refractivity contribution in [3.63, 3.8) is 0 Å². The molecule has 0 atom stereocenters. The highest BCUT2D eigenvalue weighted by Crippen LogP contribution is 2.14. The van der Waals surface area contributed by atoms with Gasteiger partial charge >= 0.3 is 0 Å². The monoisotopic (exact) mass is 490 g/mol. The van der Waals surface area contributed by atoms with E-state index in [1.54, 1.807) is 19.2 Å². The molecule has 192 valence electrons. The summed E-state index contributed by atoms with van der Waals surface area (Å²) in [5, 5.41) is 8.63. The van der Waals surface area contributed by atoms with Crippen LogP contribution in [0.5, 0.6) is 5.75 Å². The van der Waals surface area contributed by atoms with Gasteiger partial charge in [-0.1, -0.05) is 39.0 Å². The number of carbonyl (C=O) groups is 2. The van der Waals surface area contributed by atoms with Crippen LogP contribution in [0.2, 0.25) is 0 Å².